The Morgan fingerprint density at radius 1 is 0.926 bits per heavy atom. The normalized spacial score (nSPS) is 17.6. The third-order valence-corrected chi connectivity index (χ3v) is 11.7. The molecule has 3 rings (SSSR count). The lowest BCUT2D eigenvalue weighted by Gasteiger charge is -2.40. The molecule has 0 heterocycles. The van der Waals surface area contributed by atoms with Gasteiger partial charge in [-0.2, -0.15) is 0 Å². The highest BCUT2D eigenvalue weighted by Gasteiger charge is 2.41. The van der Waals surface area contributed by atoms with Crippen LogP contribution in [0.25, 0.3) is 0 Å². The molecule has 0 aliphatic heterocycles. The van der Waals surface area contributed by atoms with E-state index in [4.69, 9.17) is 0 Å². The molecule has 1 aliphatic carbocycles. The van der Waals surface area contributed by atoms with E-state index in [0.29, 0.717) is 10.8 Å². The smallest absolute Gasteiger partial charge is 0.210 e. The third-order valence-electron chi connectivity index (χ3n) is 6.03. The summed E-state index contributed by atoms with van der Waals surface area (Å²) in [5.41, 5.74) is 1.07. The summed E-state index contributed by atoms with van der Waals surface area (Å²) >= 11 is 0. The van der Waals surface area contributed by atoms with Crippen LogP contribution in [0.4, 0.5) is 0 Å². The van der Waals surface area contributed by atoms with Gasteiger partial charge in [0, 0.05) is 5.67 Å². The van der Waals surface area contributed by atoms with Crippen LogP contribution in [-0.4, -0.2) is 22.2 Å². The van der Waals surface area contributed by atoms with Crippen LogP contribution in [0.5, 0.6) is 0 Å². The maximum Gasteiger partial charge on any atom is 0.240 e. The van der Waals surface area contributed by atoms with E-state index in [1.807, 2.05) is 25.1 Å². The van der Waals surface area contributed by atoms with Crippen LogP contribution < -0.4 is 9.91 Å². The molecule has 1 atom stereocenters. The molecular weight excluding hydrogens is 370 g/mol. The molecule has 5 heteroatoms. The maximum absolute atomic E-state index is 13.2. The van der Waals surface area contributed by atoms with Crippen LogP contribution in [0.15, 0.2) is 59.5 Å². The fourth-order valence-corrected chi connectivity index (χ4v) is 10.0. The Balaban J connectivity index is 1.96. The average Bonchev–Trinajstić information content (AvgIpc) is 2.68. The summed E-state index contributed by atoms with van der Waals surface area (Å²) < 4.78 is 29.5. The molecule has 0 spiro atoms. The van der Waals surface area contributed by atoms with E-state index in [9.17, 15) is 8.42 Å². The van der Waals surface area contributed by atoms with Crippen molar-refractivity contribution >= 4 is 23.3 Å². The Morgan fingerprint density at radius 3 is 2.11 bits per heavy atom. The molecule has 2 aromatic carbocycles. The van der Waals surface area contributed by atoms with Crippen molar-refractivity contribution in [3.8, 4) is 0 Å². The number of nitrogens with one attached hydrogen (secondary N) is 1. The summed E-state index contributed by atoms with van der Waals surface area (Å²) in [6, 6.07) is 17.7. The average molecular weight is 402 g/mol. The van der Waals surface area contributed by atoms with Gasteiger partial charge in [-0.3, -0.25) is 0 Å². The second kappa shape index (κ2) is 8.29. The molecule has 0 aromatic heterocycles. The van der Waals surface area contributed by atoms with Crippen molar-refractivity contribution in [3.63, 3.8) is 0 Å². The van der Waals surface area contributed by atoms with Gasteiger partial charge in [0.05, 0.1) is 4.90 Å². The summed E-state index contributed by atoms with van der Waals surface area (Å²) in [7, 11) is -5.57. The van der Waals surface area contributed by atoms with Gasteiger partial charge in [0.2, 0.25) is 10.0 Å². The predicted molar refractivity (Wildman–Crippen MR) is 115 cm³/mol. The number of benzene rings is 2. The van der Waals surface area contributed by atoms with Gasteiger partial charge < -0.3 is 0 Å². The summed E-state index contributed by atoms with van der Waals surface area (Å²) in [5.74, 6) is 0.417. The first-order chi connectivity index (χ1) is 12.8. The Hall–Kier alpha value is -1.43. The molecule has 27 heavy (non-hydrogen) atoms. The monoisotopic (exact) mass is 401 g/mol. The van der Waals surface area contributed by atoms with Crippen LogP contribution in [0.3, 0.4) is 0 Å². The van der Waals surface area contributed by atoms with Gasteiger partial charge in [0.15, 0.2) is 0 Å². The Morgan fingerprint density at radius 2 is 1.52 bits per heavy atom. The van der Waals surface area contributed by atoms with Crippen molar-refractivity contribution in [1.29, 1.82) is 0 Å². The van der Waals surface area contributed by atoms with Crippen molar-refractivity contribution in [3.05, 3.63) is 60.2 Å². The zero-order chi connectivity index (χ0) is 19.5. The quantitative estimate of drug-likeness (QED) is 0.730. The summed E-state index contributed by atoms with van der Waals surface area (Å²) in [4.78, 5) is 0.367. The maximum atomic E-state index is 13.2. The van der Waals surface area contributed by atoms with Crippen LogP contribution in [0, 0.1) is 12.8 Å². The molecule has 1 fully saturated rings. The van der Waals surface area contributed by atoms with Gasteiger partial charge in [0.1, 0.15) is 8.07 Å². The first-order valence-corrected chi connectivity index (χ1v) is 14.5. The number of hydrogen-bond acceptors (Lipinski definition) is 2. The van der Waals surface area contributed by atoms with E-state index in [0.717, 1.165) is 18.4 Å². The van der Waals surface area contributed by atoms with Crippen LogP contribution in [0.1, 0.15) is 37.7 Å². The molecule has 0 saturated heterocycles. The fourth-order valence-electron chi connectivity index (χ4n) is 4.30. The second-order valence-electron chi connectivity index (χ2n) is 8.40. The van der Waals surface area contributed by atoms with E-state index in [1.165, 1.54) is 24.4 Å². The van der Waals surface area contributed by atoms with Crippen LogP contribution in [0.2, 0.25) is 13.1 Å². The number of hydrogen-bond donors (Lipinski definition) is 1. The van der Waals surface area contributed by atoms with Gasteiger partial charge in [-0.25, -0.2) is 13.1 Å². The van der Waals surface area contributed by atoms with E-state index < -0.39 is 18.1 Å². The molecule has 1 saturated carbocycles. The highest BCUT2D eigenvalue weighted by Crippen LogP contribution is 2.31. The Kier molecular flexibility index (Phi) is 6.24. The van der Waals surface area contributed by atoms with Crippen molar-refractivity contribution in [1.82, 2.24) is 4.72 Å². The van der Waals surface area contributed by atoms with Gasteiger partial charge >= 0.3 is 0 Å². The second-order valence-corrected chi connectivity index (χ2v) is 14.8. The van der Waals surface area contributed by atoms with Crippen LogP contribution in [-0.2, 0) is 10.0 Å². The van der Waals surface area contributed by atoms with Crippen molar-refractivity contribution in [2.24, 2.45) is 5.92 Å². The first kappa shape index (κ1) is 20.3. The molecule has 146 valence electrons. The molecule has 0 bridgehead atoms. The predicted octanol–water partition coefficient (Wildman–Crippen LogP) is 4.38. The minimum atomic E-state index is -3.53. The first-order valence-electron chi connectivity index (χ1n) is 9.95. The highest BCUT2D eigenvalue weighted by atomic mass is 32.2. The summed E-state index contributed by atoms with van der Waals surface area (Å²) in [5, 5.41) is 1.31. The fraction of sp³-hybridized carbons (Fsp3) is 0.455. The SMILES string of the molecule is Cc1ccc(S(=O)(=O)N[C@@H](C2CCCCC2)[Si](C)(C)c2ccccc2)cc1. The minimum absolute atomic E-state index is 0.00602. The van der Waals surface area contributed by atoms with Gasteiger partial charge in [0.25, 0.3) is 0 Å². The van der Waals surface area contributed by atoms with Crippen molar-refractivity contribution in [2.75, 3.05) is 0 Å². The molecule has 0 unspecified atom stereocenters. The Bertz CT molecular complexity index is 842. The van der Waals surface area contributed by atoms with E-state index in [1.54, 1.807) is 12.1 Å². The van der Waals surface area contributed by atoms with Gasteiger partial charge in [-0.15, -0.1) is 0 Å². The number of aryl methyl sites for hydroxylation is 1. The molecule has 2 aromatic rings. The molecule has 1 aliphatic rings. The van der Waals surface area contributed by atoms with E-state index in [-0.39, 0.29) is 5.67 Å². The zero-order valence-corrected chi connectivity index (χ0v) is 18.4. The highest BCUT2D eigenvalue weighted by molar-refractivity contribution is 7.89. The molecule has 0 radical (unpaired) electrons. The lowest BCUT2D eigenvalue weighted by molar-refractivity contribution is 0.331. The van der Waals surface area contributed by atoms with Crippen LogP contribution >= 0.6 is 0 Å². The topological polar surface area (TPSA) is 46.2 Å². The van der Waals surface area contributed by atoms with E-state index in [2.05, 4.69) is 42.1 Å². The van der Waals surface area contributed by atoms with Crippen molar-refractivity contribution < 1.29 is 8.42 Å². The molecular formula is C22H31NO2SSi. The number of sulfonamides is 1. The molecule has 1 N–H and O–H groups in total. The molecule has 0 amide bonds. The van der Waals surface area contributed by atoms with Crippen molar-refractivity contribution in [2.45, 2.75) is 62.7 Å². The Labute approximate surface area is 165 Å². The number of rotatable bonds is 6. The van der Waals surface area contributed by atoms with Gasteiger partial charge in [-0.1, -0.05) is 85.6 Å². The summed E-state index contributed by atoms with van der Waals surface area (Å²) in [6.07, 6.45) is 5.90. The summed E-state index contributed by atoms with van der Waals surface area (Å²) in [6.45, 7) is 6.58. The minimum Gasteiger partial charge on any atom is -0.210 e. The third kappa shape index (κ3) is 4.70. The standard InChI is InChI=1S/C22H31NO2SSi/c1-18-14-16-20(17-15-18)26(24,25)23-22(19-10-6-4-7-11-19)27(2,3)21-12-8-5-9-13-21/h5,8-9,12-17,19,22-23H,4,6-7,10-11H2,1-3H3/t22-/m1/s1. The zero-order valence-electron chi connectivity index (χ0n) is 16.6. The lowest BCUT2D eigenvalue weighted by atomic mass is 9.89. The lowest BCUT2D eigenvalue weighted by Crippen LogP contribution is -2.63. The largest absolute Gasteiger partial charge is 0.240 e. The van der Waals surface area contributed by atoms with Gasteiger partial charge in [-0.05, 0) is 37.8 Å². The molecule has 3 nitrogen and oxygen atoms in total. The van der Waals surface area contributed by atoms with E-state index >= 15 is 0 Å².